The number of methoxy groups -OCH3 is 1. The number of hydrogen-bond donors (Lipinski definition) is 1. The molecule has 4 aromatic rings. The van der Waals surface area contributed by atoms with Gasteiger partial charge in [-0.1, -0.05) is 24.3 Å². The smallest absolute Gasteiger partial charge is 0.244 e. The molecule has 0 aliphatic carbocycles. The highest BCUT2D eigenvalue weighted by Gasteiger charge is 2.14. The van der Waals surface area contributed by atoms with E-state index < -0.39 is 0 Å². The van der Waals surface area contributed by atoms with E-state index in [-0.39, 0.29) is 18.3 Å². The second kappa shape index (κ2) is 8.14. The lowest BCUT2D eigenvalue weighted by molar-refractivity contribution is -0.116. The SMILES string of the molecule is COc1ccc(Cc2nc3ccccc3n2CC(=O)Nc2ccc(F)cc2)cc1. The van der Waals surface area contributed by atoms with Gasteiger partial charge in [0.05, 0.1) is 18.1 Å². The first-order chi connectivity index (χ1) is 14.1. The van der Waals surface area contributed by atoms with Gasteiger partial charge in [0.15, 0.2) is 0 Å². The molecule has 0 aliphatic rings. The monoisotopic (exact) mass is 389 g/mol. The minimum atomic E-state index is -0.342. The molecule has 5 nitrogen and oxygen atoms in total. The number of carbonyl (C=O) groups excluding carboxylic acids is 1. The van der Waals surface area contributed by atoms with Crippen LogP contribution in [0.5, 0.6) is 5.75 Å². The number of fused-ring (bicyclic) bond motifs is 1. The van der Waals surface area contributed by atoms with Crippen LogP contribution < -0.4 is 10.1 Å². The van der Waals surface area contributed by atoms with Crippen LogP contribution in [0.25, 0.3) is 11.0 Å². The fourth-order valence-corrected chi connectivity index (χ4v) is 3.24. The van der Waals surface area contributed by atoms with Gasteiger partial charge in [-0.3, -0.25) is 4.79 Å². The Labute approximate surface area is 167 Å². The van der Waals surface area contributed by atoms with Crippen LogP contribution in [0, 0.1) is 5.82 Å². The number of anilines is 1. The number of nitrogens with zero attached hydrogens (tertiary/aromatic N) is 2. The zero-order valence-corrected chi connectivity index (χ0v) is 15.9. The van der Waals surface area contributed by atoms with Crippen molar-refractivity contribution in [2.24, 2.45) is 0 Å². The zero-order valence-electron chi connectivity index (χ0n) is 15.9. The lowest BCUT2D eigenvalue weighted by Gasteiger charge is -2.11. The van der Waals surface area contributed by atoms with Gasteiger partial charge in [0.2, 0.25) is 5.91 Å². The molecule has 0 unspecified atom stereocenters. The van der Waals surface area contributed by atoms with Crippen molar-refractivity contribution in [3.8, 4) is 5.75 Å². The van der Waals surface area contributed by atoms with Gasteiger partial charge in [0.25, 0.3) is 0 Å². The number of rotatable bonds is 6. The van der Waals surface area contributed by atoms with E-state index in [2.05, 4.69) is 5.32 Å². The lowest BCUT2D eigenvalue weighted by atomic mass is 10.1. The van der Waals surface area contributed by atoms with Crippen LogP contribution in [0.2, 0.25) is 0 Å². The van der Waals surface area contributed by atoms with E-state index in [9.17, 15) is 9.18 Å². The molecule has 29 heavy (non-hydrogen) atoms. The fraction of sp³-hybridized carbons (Fsp3) is 0.130. The Morgan fingerprint density at radius 2 is 1.76 bits per heavy atom. The minimum Gasteiger partial charge on any atom is -0.497 e. The molecule has 0 saturated heterocycles. The molecule has 1 N–H and O–H groups in total. The molecule has 0 fully saturated rings. The van der Waals surface area contributed by atoms with Crippen LogP contribution >= 0.6 is 0 Å². The Kier molecular flexibility index (Phi) is 5.24. The predicted molar refractivity (Wildman–Crippen MR) is 111 cm³/mol. The quantitative estimate of drug-likeness (QED) is 0.531. The van der Waals surface area contributed by atoms with Gasteiger partial charge in [-0.05, 0) is 54.1 Å². The van der Waals surface area contributed by atoms with Crippen LogP contribution in [0.3, 0.4) is 0 Å². The number of imidazole rings is 1. The van der Waals surface area contributed by atoms with E-state index in [0.717, 1.165) is 28.2 Å². The molecule has 3 aromatic carbocycles. The molecular weight excluding hydrogens is 369 g/mol. The minimum absolute atomic E-state index is 0.114. The van der Waals surface area contributed by atoms with Crippen LogP contribution in [0.1, 0.15) is 11.4 Å². The van der Waals surface area contributed by atoms with Gasteiger partial charge in [0, 0.05) is 12.1 Å². The predicted octanol–water partition coefficient (Wildman–Crippen LogP) is 4.41. The summed E-state index contributed by atoms with van der Waals surface area (Å²) in [7, 11) is 1.63. The third kappa shape index (κ3) is 4.27. The summed E-state index contributed by atoms with van der Waals surface area (Å²) >= 11 is 0. The Morgan fingerprint density at radius 3 is 2.48 bits per heavy atom. The summed E-state index contributed by atoms with van der Waals surface area (Å²) in [5.74, 6) is 1.05. The van der Waals surface area contributed by atoms with E-state index in [0.29, 0.717) is 12.1 Å². The van der Waals surface area contributed by atoms with Gasteiger partial charge in [0.1, 0.15) is 23.9 Å². The largest absolute Gasteiger partial charge is 0.497 e. The van der Waals surface area contributed by atoms with Gasteiger partial charge in [-0.2, -0.15) is 0 Å². The van der Waals surface area contributed by atoms with Crippen molar-refractivity contribution in [1.29, 1.82) is 0 Å². The van der Waals surface area contributed by atoms with Crippen LogP contribution in [0.4, 0.5) is 10.1 Å². The van der Waals surface area contributed by atoms with E-state index in [1.54, 1.807) is 7.11 Å². The summed E-state index contributed by atoms with van der Waals surface area (Å²) in [6, 6.07) is 21.2. The molecule has 0 saturated carbocycles. The first kappa shape index (κ1) is 18.7. The maximum absolute atomic E-state index is 13.1. The van der Waals surface area contributed by atoms with E-state index in [1.165, 1.54) is 24.3 Å². The lowest BCUT2D eigenvalue weighted by Crippen LogP contribution is -2.20. The highest BCUT2D eigenvalue weighted by atomic mass is 19.1. The second-order valence-electron chi connectivity index (χ2n) is 6.68. The molecule has 1 aromatic heterocycles. The van der Waals surface area contributed by atoms with Gasteiger partial charge in [-0.15, -0.1) is 0 Å². The molecule has 0 bridgehead atoms. The van der Waals surface area contributed by atoms with Crippen molar-refractivity contribution in [3.63, 3.8) is 0 Å². The molecule has 146 valence electrons. The number of hydrogen-bond acceptors (Lipinski definition) is 3. The normalized spacial score (nSPS) is 10.8. The molecule has 1 heterocycles. The Hall–Kier alpha value is -3.67. The third-order valence-electron chi connectivity index (χ3n) is 4.68. The average molecular weight is 389 g/mol. The molecule has 4 rings (SSSR count). The number of benzene rings is 3. The maximum Gasteiger partial charge on any atom is 0.244 e. The number of amides is 1. The van der Waals surface area contributed by atoms with Crippen LogP contribution in [0.15, 0.2) is 72.8 Å². The van der Waals surface area contributed by atoms with Gasteiger partial charge >= 0.3 is 0 Å². The fourth-order valence-electron chi connectivity index (χ4n) is 3.24. The molecule has 6 heteroatoms. The summed E-state index contributed by atoms with van der Waals surface area (Å²) in [6.07, 6.45) is 0.586. The summed E-state index contributed by atoms with van der Waals surface area (Å²) in [4.78, 5) is 17.4. The van der Waals surface area contributed by atoms with Gasteiger partial charge < -0.3 is 14.6 Å². The van der Waals surface area contributed by atoms with Crippen LogP contribution in [-0.2, 0) is 17.8 Å². The summed E-state index contributed by atoms with van der Waals surface area (Å²) in [5, 5.41) is 2.81. The van der Waals surface area contributed by atoms with Crippen molar-refractivity contribution < 1.29 is 13.9 Å². The Bertz CT molecular complexity index is 1140. The molecule has 0 radical (unpaired) electrons. The maximum atomic E-state index is 13.1. The second-order valence-corrected chi connectivity index (χ2v) is 6.68. The topological polar surface area (TPSA) is 56.2 Å². The molecule has 0 spiro atoms. The van der Waals surface area contributed by atoms with E-state index in [1.807, 2.05) is 53.1 Å². The first-order valence-corrected chi connectivity index (χ1v) is 9.25. The van der Waals surface area contributed by atoms with Crippen molar-refractivity contribution in [2.75, 3.05) is 12.4 Å². The standard InChI is InChI=1S/C23H20FN3O2/c1-29-19-12-6-16(7-13-19)14-22-26-20-4-2-3-5-21(20)27(22)15-23(28)25-18-10-8-17(24)9-11-18/h2-13H,14-15H2,1H3,(H,25,28). The third-order valence-corrected chi connectivity index (χ3v) is 4.68. The van der Waals surface area contributed by atoms with E-state index in [4.69, 9.17) is 9.72 Å². The number of ether oxygens (including phenoxy) is 1. The first-order valence-electron chi connectivity index (χ1n) is 9.25. The van der Waals surface area contributed by atoms with Crippen molar-refractivity contribution in [1.82, 2.24) is 9.55 Å². The van der Waals surface area contributed by atoms with Crippen LogP contribution in [-0.4, -0.2) is 22.6 Å². The van der Waals surface area contributed by atoms with Gasteiger partial charge in [-0.25, -0.2) is 9.37 Å². The van der Waals surface area contributed by atoms with Crippen molar-refractivity contribution in [3.05, 3.63) is 90.0 Å². The van der Waals surface area contributed by atoms with E-state index >= 15 is 0 Å². The summed E-state index contributed by atoms with van der Waals surface area (Å²) < 4.78 is 20.2. The zero-order chi connectivity index (χ0) is 20.2. The molecule has 0 aliphatic heterocycles. The number of carbonyl (C=O) groups is 1. The molecular formula is C23H20FN3O2. The molecule has 1 amide bonds. The molecule has 0 atom stereocenters. The van der Waals surface area contributed by atoms with Crippen molar-refractivity contribution >= 4 is 22.6 Å². The number of para-hydroxylation sites is 2. The highest BCUT2D eigenvalue weighted by molar-refractivity contribution is 5.91. The highest BCUT2D eigenvalue weighted by Crippen LogP contribution is 2.20. The summed E-state index contributed by atoms with van der Waals surface area (Å²) in [6.45, 7) is 0.114. The number of halogens is 1. The van der Waals surface area contributed by atoms with Crippen molar-refractivity contribution in [2.45, 2.75) is 13.0 Å². The summed E-state index contributed by atoms with van der Waals surface area (Å²) in [5.41, 5.74) is 3.36. The number of nitrogens with one attached hydrogen (secondary N) is 1. The number of aromatic nitrogens is 2. The average Bonchev–Trinajstić information content (AvgIpc) is 3.07. The Balaban J connectivity index is 1.60. The Morgan fingerprint density at radius 1 is 1.03 bits per heavy atom.